The first-order valence-electron chi connectivity index (χ1n) is 6.87. The molecule has 4 aromatic rings. The number of nitrogens with zero attached hydrogens (tertiary/aromatic N) is 1. The summed E-state index contributed by atoms with van der Waals surface area (Å²) in [5.74, 6) is 0.830. The molecule has 0 aliphatic heterocycles. The number of para-hydroxylation sites is 2. The number of hydrogen-bond acceptors (Lipinski definition) is 2. The quantitative estimate of drug-likeness (QED) is 0.588. The number of hydrogen-bond donors (Lipinski definition) is 1. The van der Waals surface area contributed by atoms with E-state index in [1.807, 2.05) is 42.6 Å². The van der Waals surface area contributed by atoms with Crippen LogP contribution in [-0.2, 0) is 0 Å². The minimum Gasteiger partial charge on any atom is -0.496 e. The van der Waals surface area contributed by atoms with Gasteiger partial charge in [-0.2, -0.15) is 0 Å². The smallest absolute Gasteiger partial charge is 0.128 e. The number of pyridine rings is 1. The second kappa shape index (κ2) is 4.63. The van der Waals surface area contributed by atoms with E-state index in [1.54, 1.807) is 7.11 Å². The number of nitrogens with one attached hydrogen (secondary N) is 1. The van der Waals surface area contributed by atoms with E-state index in [9.17, 15) is 0 Å². The zero-order chi connectivity index (χ0) is 14.2. The molecule has 0 atom stereocenters. The van der Waals surface area contributed by atoms with Gasteiger partial charge in [0.15, 0.2) is 0 Å². The first-order chi connectivity index (χ1) is 10.4. The van der Waals surface area contributed by atoms with E-state index in [1.165, 1.54) is 10.8 Å². The largest absolute Gasteiger partial charge is 0.496 e. The number of aromatic nitrogens is 2. The lowest BCUT2D eigenvalue weighted by Gasteiger charge is -2.08. The second-order valence-corrected chi connectivity index (χ2v) is 4.95. The fourth-order valence-corrected chi connectivity index (χ4v) is 2.82. The molecule has 3 heteroatoms. The third-order valence-corrected chi connectivity index (χ3v) is 3.79. The fourth-order valence-electron chi connectivity index (χ4n) is 2.82. The minimum absolute atomic E-state index is 0.830. The predicted octanol–water partition coefficient (Wildman–Crippen LogP) is 4.39. The Kier molecular flexibility index (Phi) is 2.64. The van der Waals surface area contributed by atoms with Gasteiger partial charge < -0.3 is 9.72 Å². The first kappa shape index (κ1) is 12.0. The summed E-state index contributed by atoms with van der Waals surface area (Å²) in [6.45, 7) is 0. The Balaban J connectivity index is 2.10. The summed E-state index contributed by atoms with van der Waals surface area (Å²) < 4.78 is 5.47. The molecule has 0 radical (unpaired) electrons. The van der Waals surface area contributed by atoms with Crippen molar-refractivity contribution in [2.45, 2.75) is 0 Å². The molecular weight excluding hydrogens is 260 g/mol. The molecule has 2 aromatic carbocycles. The summed E-state index contributed by atoms with van der Waals surface area (Å²) in [6.07, 6.45) is 1.85. The maximum Gasteiger partial charge on any atom is 0.128 e. The number of aromatic amines is 1. The van der Waals surface area contributed by atoms with E-state index in [2.05, 4.69) is 28.2 Å². The average molecular weight is 274 g/mol. The van der Waals surface area contributed by atoms with Gasteiger partial charge in [-0.15, -0.1) is 0 Å². The van der Waals surface area contributed by atoms with Crippen LogP contribution in [0.1, 0.15) is 0 Å². The highest BCUT2D eigenvalue weighted by Crippen LogP contribution is 2.35. The maximum absolute atomic E-state index is 5.47. The van der Waals surface area contributed by atoms with Gasteiger partial charge >= 0.3 is 0 Å². The van der Waals surface area contributed by atoms with Crippen LogP contribution in [0.3, 0.4) is 0 Å². The molecule has 0 bridgehead atoms. The number of rotatable bonds is 2. The molecule has 0 saturated heterocycles. The van der Waals surface area contributed by atoms with Crippen molar-refractivity contribution in [2.24, 2.45) is 0 Å². The van der Waals surface area contributed by atoms with Crippen LogP contribution in [-0.4, -0.2) is 17.1 Å². The normalized spacial score (nSPS) is 11.1. The van der Waals surface area contributed by atoms with Crippen LogP contribution in [0.2, 0.25) is 0 Å². The molecule has 21 heavy (non-hydrogen) atoms. The van der Waals surface area contributed by atoms with Gasteiger partial charge in [-0.3, -0.25) is 4.98 Å². The minimum atomic E-state index is 0.830. The molecule has 2 heterocycles. The zero-order valence-corrected chi connectivity index (χ0v) is 11.6. The van der Waals surface area contributed by atoms with Gasteiger partial charge in [0, 0.05) is 28.0 Å². The summed E-state index contributed by atoms with van der Waals surface area (Å²) in [5, 5.41) is 2.40. The third-order valence-electron chi connectivity index (χ3n) is 3.79. The van der Waals surface area contributed by atoms with Crippen LogP contribution in [0.4, 0.5) is 0 Å². The van der Waals surface area contributed by atoms with Gasteiger partial charge in [0.1, 0.15) is 5.75 Å². The van der Waals surface area contributed by atoms with Crippen molar-refractivity contribution in [3.63, 3.8) is 0 Å². The molecule has 0 aliphatic rings. The van der Waals surface area contributed by atoms with Crippen molar-refractivity contribution in [3.05, 3.63) is 60.8 Å². The molecule has 1 N–H and O–H groups in total. The maximum atomic E-state index is 5.47. The fraction of sp³-hybridized carbons (Fsp3) is 0.0556. The monoisotopic (exact) mass is 274 g/mol. The number of H-pyrrole nitrogens is 1. The molecule has 2 aromatic heterocycles. The molecule has 0 saturated carbocycles. The van der Waals surface area contributed by atoms with E-state index >= 15 is 0 Å². The highest BCUT2D eigenvalue weighted by Gasteiger charge is 2.13. The van der Waals surface area contributed by atoms with Crippen molar-refractivity contribution < 1.29 is 4.74 Å². The summed E-state index contributed by atoms with van der Waals surface area (Å²) in [4.78, 5) is 8.05. The van der Waals surface area contributed by atoms with Crippen molar-refractivity contribution in [1.29, 1.82) is 0 Å². The van der Waals surface area contributed by atoms with Crippen molar-refractivity contribution in [2.75, 3.05) is 7.11 Å². The second-order valence-electron chi connectivity index (χ2n) is 4.95. The molecule has 102 valence electrons. The standard InChI is InChI=1S/C18H14N2O/c1-21-16-9-5-3-7-14(16)17-18-13(10-11-19-17)12-6-2-4-8-15(12)20-18/h2-11,20H,1H3. The van der Waals surface area contributed by atoms with Gasteiger partial charge in [0.25, 0.3) is 0 Å². The van der Waals surface area contributed by atoms with Crippen LogP contribution in [0.5, 0.6) is 5.75 Å². The highest BCUT2D eigenvalue weighted by molar-refractivity contribution is 6.11. The Morgan fingerprint density at radius 1 is 0.905 bits per heavy atom. The molecule has 0 unspecified atom stereocenters. The van der Waals surface area contributed by atoms with Gasteiger partial charge in [0.2, 0.25) is 0 Å². The topological polar surface area (TPSA) is 37.9 Å². The van der Waals surface area contributed by atoms with E-state index in [0.29, 0.717) is 0 Å². The molecule has 0 fully saturated rings. The Morgan fingerprint density at radius 3 is 2.62 bits per heavy atom. The number of benzene rings is 2. The van der Waals surface area contributed by atoms with Crippen molar-refractivity contribution in [1.82, 2.24) is 9.97 Å². The van der Waals surface area contributed by atoms with Crippen LogP contribution in [0, 0.1) is 0 Å². The van der Waals surface area contributed by atoms with Gasteiger partial charge in [-0.05, 0) is 24.3 Å². The lowest BCUT2D eigenvalue weighted by atomic mass is 10.1. The number of methoxy groups -OCH3 is 1. The van der Waals surface area contributed by atoms with Crippen molar-refractivity contribution in [3.8, 4) is 17.0 Å². The van der Waals surface area contributed by atoms with E-state index in [4.69, 9.17) is 4.74 Å². The van der Waals surface area contributed by atoms with E-state index in [-0.39, 0.29) is 0 Å². The van der Waals surface area contributed by atoms with E-state index in [0.717, 1.165) is 28.0 Å². The Hall–Kier alpha value is -2.81. The average Bonchev–Trinajstić information content (AvgIpc) is 2.93. The molecular formula is C18H14N2O. The number of ether oxygens (including phenoxy) is 1. The van der Waals surface area contributed by atoms with Gasteiger partial charge in [-0.25, -0.2) is 0 Å². The zero-order valence-electron chi connectivity index (χ0n) is 11.6. The first-order valence-corrected chi connectivity index (χ1v) is 6.87. The third kappa shape index (κ3) is 1.78. The molecule has 0 aliphatic carbocycles. The van der Waals surface area contributed by atoms with Crippen molar-refractivity contribution >= 4 is 21.8 Å². The highest BCUT2D eigenvalue weighted by atomic mass is 16.5. The molecule has 4 rings (SSSR count). The lowest BCUT2D eigenvalue weighted by Crippen LogP contribution is -1.90. The summed E-state index contributed by atoms with van der Waals surface area (Å²) in [7, 11) is 1.68. The van der Waals surface area contributed by atoms with Gasteiger partial charge in [0.05, 0.1) is 18.3 Å². The molecule has 3 nitrogen and oxygen atoms in total. The Labute approximate surface area is 122 Å². The Morgan fingerprint density at radius 2 is 1.71 bits per heavy atom. The predicted molar refractivity (Wildman–Crippen MR) is 85.6 cm³/mol. The summed E-state index contributed by atoms with van der Waals surface area (Å²) >= 11 is 0. The lowest BCUT2D eigenvalue weighted by molar-refractivity contribution is 0.416. The number of fused-ring (bicyclic) bond motifs is 3. The van der Waals surface area contributed by atoms with Crippen LogP contribution in [0.15, 0.2) is 60.8 Å². The molecule has 0 spiro atoms. The SMILES string of the molecule is COc1ccccc1-c1nccc2c1[nH]c1ccccc12. The summed E-state index contributed by atoms with van der Waals surface area (Å²) in [6, 6.07) is 18.3. The summed E-state index contributed by atoms with van der Waals surface area (Å²) in [5.41, 5.74) is 4.08. The van der Waals surface area contributed by atoms with Gasteiger partial charge in [-0.1, -0.05) is 30.3 Å². The Bertz CT molecular complexity index is 940. The van der Waals surface area contributed by atoms with Crippen LogP contribution < -0.4 is 4.74 Å². The van der Waals surface area contributed by atoms with Crippen LogP contribution in [0.25, 0.3) is 33.1 Å². The van der Waals surface area contributed by atoms with Crippen LogP contribution >= 0.6 is 0 Å². The molecule has 0 amide bonds. The van der Waals surface area contributed by atoms with E-state index < -0.39 is 0 Å².